The van der Waals surface area contributed by atoms with E-state index in [9.17, 15) is 9.59 Å². The van der Waals surface area contributed by atoms with Crippen LogP contribution in [0.1, 0.15) is 23.0 Å². The maximum absolute atomic E-state index is 12.8. The molecule has 0 fully saturated rings. The molecular formula is C26H22ClN5O2. The summed E-state index contributed by atoms with van der Waals surface area (Å²) in [5, 5.41) is 2.72. The van der Waals surface area contributed by atoms with Crippen molar-refractivity contribution in [3.63, 3.8) is 0 Å². The highest BCUT2D eigenvalue weighted by atomic mass is 35.5. The average Bonchev–Trinajstić information content (AvgIpc) is 2.84. The first-order chi connectivity index (χ1) is 16.4. The minimum atomic E-state index is -0.612. The number of carbonyl (C=O) groups excluding carboxylic acids is 1. The van der Waals surface area contributed by atoms with Crippen molar-refractivity contribution >= 4 is 45.0 Å². The standard InChI is InChI=1S/C17H14ClNO.C9H8N4O/c1-2-13-11-12-7-6-10-15(18)16(12)17(20)19(13)14-8-4-3-5-9-14;10-8-6(9(11)14)7-5(4-13-8)2-1-3-12-7/h3-11H,2H2,1H3;1-4H,(H2,10,13)(H2,11,14). The number of pyridine rings is 3. The van der Waals surface area contributed by atoms with Crippen LogP contribution >= 0.6 is 11.6 Å². The molecule has 0 aliphatic carbocycles. The number of fused-ring (bicyclic) bond motifs is 2. The number of carbonyl (C=O) groups is 1. The fourth-order valence-electron chi connectivity index (χ4n) is 3.79. The number of aromatic nitrogens is 3. The smallest absolute Gasteiger partial charge is 0.264 e. The fourth-order valence-corrected chi connectivity index (χ4v) is 4.05. The minimum absolute atomic E-state index is 0.0591. The molecule has 5 aromatic rings. The first-order valence-corrected chi connectivity index (χ1v) is 11.0. The number of nitrogens with zero attached hydrogens (tertiary/aromatic N) is 3. The lowest BCUT2D eigenvalue weighted by atomic mass is 10.1. The monoisotopic (exact) mass is 471 g/mol. The molecule has 3 aromatic heterocycles. The summed E-state index contributed by atoms with van der Waals surface area (Å²) in [6.07, 6.45) is 3.92. The van der Waals surface area contributed by atoms with Gasteiger partial charge in [-0.25, -0.2) is 4.98 Å². The number of amides is 1. The summed E-state index contributed by atoms with van der Waals surface area (Å²) in [6.45, 7) is 2.05. The van der Waals surface area contributed by atoms with Gasteiger partial charge in [0.1, 0.15) is 11.4 Å². The van der Waals surface area contributed by atoms with Gasteiger partial charge in [0.05, 0.1) is 15.9 Å². The van der Waals surface area contributed by atoms with E-state index in [2.05, 4.69) is 9.97 Å². The maximum Gasteiger partial charge on any atom is 0.264 e. The number of anilines is 1. The number of aryl methyl sites for hydroxylation is 1. The van der Waals surface area contributed by atoms with E-state index in [4.69, 9.17) is 23.1 Å². The molecule has 0 spiro atoms. The van der Waals surface area contributed by atoms with Crippen LogP contribution < -0.4 is 17.0 Å². The Morgan fingerprint density at radius 2 is 1.74 bits per heavy atom. The molecular weight excluding hydrogens is 450 g/mol. The molecule has 0 bridgehead atoms. The Balaban J connectivity index is 0.000000172. The number of benzene rings is 2. The van der Waals surface area contributed by atoms with Crippen molar-refractivity contribution in [1.82, 2.24) is 14.5 Å². The molecule has 0 atom stereocenters. The summed E-state index contributed by atoms with van der Waals surface area (Å²) < 4.78 is 1.74. The molecule has 0 saturated heterocycles. The zero-order chi connectivity index (χ0) is 24.2. The van der Waals surface area contributed by atoms with E-state index in [1.54, 1.807) is 35.2 Å². The third-order valence-electron chi connectivity index (χ3n) is 5.37. The zero-order valence-electron chi connectivity index (χ0n) is 18.4. The highest BCUT2D eigenvalue weighted by molar-refractivity contribution is 6.35. The topological polar surface area (TPSA) is 117 Å². The van der Waals surface area contributed by atoms with Crippen LogP contribution in [0, 0.1) is 0 Å². The van der Waals surface area contributed by atoms with E-state index >= 15 is 0 Å². The van der Waals surface area contributed by atoms with Crippen LogP contribution in [-0.2, 0) is 6.42 Å². The number of primary amides is 1. The molecule has 170 valence electrons. The predicted octanol–water partition coefficient (Wildman–Crippen LogP) is 4.52. The summed E-state index contributed by atoms with van der Waals surface area (Å²) in [7, 11) is 0. The van der Waals surface area contributed by atoms with Crippen molar-refractivity contribution < 1.29 is 4.79 Å². The predicted molar refractivity (Wildman–Crippen MR) is 136 cm³/mol. The summed E-state index contributed by atoms with van der Waals surface area (Å²) in [4.78, 5) is 31.8. The molecule has 0 aliphatic heterocycles. The normalized spacial score (nSPS) is 10.6. The number of rotatable bonds is 3. The van der Waals surface area contributed by atoms with Crippen LogP contribution in [0.2, 0.25) is 5.02 Å². The lowest BCUT2D eigenvalue weighted by Crippen LogP contribution is -2.22. The number of hydrogen-bond donors (Lipinski definition) is 2. The van der Waals surface area contributed by atoms with Gasteiger partial charge in [0, 0.05) is 29.2 Å². The Morgan fingerprint density at radius 1 is 1.00 bits per heavy atom. The lowest BCUT2D eigenvalue weighted by Gasteiger charge is -2.14. The van der Waals surface area contributed by atoms with Gasteiger partial charge < -0.3 is 11.5 Å². The number of nitrogens with two attached hydrogens (primary N) is 2. The van der Waals surface area contributed by atoms with Gasteiger partial charge in [-0.2, -0.15) is 0 Å². The Morgan fingerprint density at radius 3 is 2.44 bits per heavy atom. The Labute approximate surface area is 200 Å². The molecule has 8 heteroatoms. The first kappa shape index (κ1) is 22.9. The molecule has 4 N–H and O–H groups in total. The average molecular weight is 472 g/mol. The third-order valence-corrected chi connectivity index (χ3v) is 5.68. The number of halogens is 1. The molecule has 0 radical (unpaired) electrons. The highest BCUT2D eigenvalue weighted by Crippen LogP contribution is 2.23. The summed E-state index contributed by atoms with van der Waals surface area (Å²) in [5.41, 5.74) is 13.2. The molecule has 34 heavy (non-hydrogen) atoms. The summed E-state index contributed by atoms with van der Waals surface area (Å²) in [5.74, 6) is -0.497. The first-order valence-electron chi connectivity index (χ1n) is 10.6. The van der Waals surface area contributed by atoms with Gasteiger partial charge in [-0.15, -0.1) is 0 Å². The molecule has 2 aromatic carbocycles. The molecule has 1 amide bonds. The van der Waals surface area contributed by atoms with Gasteiger partial charge >= 0.3 is 0 Å². The maximum atomic E-state index is 12.8. The van der Waals surface area contributed by atoms with Gasteiger partial charge in [-0.1, -0.05) is 48.9 Å². The van der Waals surface area contributed by atoms with E-state index in [-0.39, 0.29) is 16.9 Å². The van der Waals surface area contributed by atoms with E-state index in [1.165, 1.54) is 0 Å². The van der Waals surface area contributed by atoms with Crippen molar-refractivity contribution in [3.05, 3.63) is 106 Å². The minimum Gasteiger partial charge on any atom is -0.383 e. The van der Waals surface area contributed by atoms with Crippen molar-refractivity contribution in [3.8, 4) is 5.69 Å². The van der Waals surface area contributed by atoms with Gasteiger partial charge in [0.2, 0.25) is 0 Å². The molecule has 0 unspecified atom stereocenters. The Hall–Kier alpha value is -4.23. The summed E-state index contributed by atoms with van der Waals surface area (Å²) >= 11 is 6.20. The number of hydrogen-bond acceptors (Lipinski definition) is 5. The molecule has 3 heterocycles. The van der Waals surface area contributed by atoms with Crippen LogP contribution in [0.5, 0.6) is 0 Å². The lowest BCUT2D eigenvalue weighted by molar-refractivity contribution is 0.100. The quantitative estimate of drug-likeness (QED) is 0.401. The third kappa shape index (κ3) is 4.33. The van der Waals surface area contributed by atoms with Crippen molar-refractivity contribution in [2.24, 2.45) is 5.73 Å². The van der Waals surface area contributed by atoms with Gasteiger partial charge in [0.15, 0.2) is 0 Å². The van der Waals surface area contributed by atoms with Crippen molar-refractivity contribution in [2.45, 2.75) is 13.3 Å². The summed E-state index contributed by atoms with van der Waals surface area (Å²) in [6, 6.07) is 20.8. The SMILES string of the molecule is CCc1cc2cccc(Cl)c2c(=O)n1-c1ccccc1.NC(=O)c1c(N)ncc2cccnc12. The molecule has 0 aliphatic rings. The molecule has 5 rings (SSSR count). The number of para-hydroxylation sites is 1. The van der Waals surface area contributed by atoms with E-state index in [0.29, 0.717) is 15.9 Å². The van der Waals surface area contributed by atoms with Gasteiger partial charge in [-0.05, 0) is 48.2 Å². The Bertz CT molecular complexity index is 1570. The van der Waals surface area contributed by atoms with Crippen molar-refractivity contribution in [1.29, 1.82) is 0 Å². The van der Waals surface area contributed by atoms with Crippen LogP contribution in [0.4, 0.5) is 5.82 Å². The second-order valence-corrected chi connectivity index (χ2v) is 7.90. The second-order valence-electron chi connectivity index (χ2n) is 7.49. The molecule has 7 nitrogen and oxygen atoms in total. The van der Waals surface area contributed by atoms with Gasteiger partial charge in [0.25, 0.3) is 11.5 Å². The largest absolute Gasteiger partial charge is 0.383 e. The van der Waals surface area contributed by atoms with Crippen LogP contribution in [0.3, 0.4) is 0 Å². The molecule has 0 saturated carbocycles. The zero-order valence-corrected chi connectivity index (χ0v) is 19.2. The second kappa shape index (κ2) is 9.72. The van der Waals surface area contributed by atoms with Crippen LogP contribution in [-0.4, -0.2) is 20.4 Å². The van der Waals surface area contributed by atoms with E-state index in [1.807, 2.05) is 55.5 Å². The van der Waals surface area contributed by atoms with Crippen molar-refractivity contribution in [2.75, 3.05) is 5.73 Å². The number of nitrogen functional groups attached to an aromatic ring is 1. The van der Waals surface area contributed by atoms with Gasteiger partial charge in [-0.3, -0.25) is 19.1 Å². The van der Waals surface area contributed by atoms with E-state index < -0.39 is 5.91 Å². The van der Waals surface area contributed by atoms with Crippen LogP contribution in [0.15, 0.2) is 83.9 Å². The fraction of sp³-hybridized carbons (Fsp3) is 0.0769. The van der Waals surface area contributed by atoms with E-state index in [0.717, 1.165) is 28.6 Å². The highest BCUT2D eigenvalue weighted by Gasteiger charge is 2.13. The van der Waals surface area contributed by atoms with Crippen LogP contribution in [0.25, 0.3) is 27.4 Å². The Kier molecular flexibility index (Phi) is 6.56.